The van der Waals surface area contributed by atoms with Crippen LogP contribution in [0.2, 0.25) is 0 Å². The third kappa shape index (κ3) is 7.18. The number of carboxylic acids is 1. The summed E-state index contributed by atoms with van der Waals surface area (Å²) in [5.74, 6) is 2.92. The first-order valence-corrected chi connectivity index (χ1v) is 22.9. The number of aliphatic hydroxyl groups is 1. The van der Waals surface area contributed by atoms with Gasteiger partial charge in [-0.25, -0.2) is 8.42 Å². The number of nitrogens with one attached hydrogen (secondary N) is 1. The molecule has 8 heteroatoms. The Morgan fingerprint density at radius 1 is 1.02 bits per heavy atom. The molecule has 1 heterocycles. The molecule has 294 valence electrons. The van der Waals surface area contributed by atoms with Gasteiger partial charge in [-0.2, -0.15) is 0 Å². The van der Waals surface area contributed by atoms with E-state index in [2.05, 4.69) is 70.5 Å². The van der Waals surface area contributed by atoms with Gasteiger partial charge >= 0.3 is 5.97 Å². The van der Waals surface area contributed by atoms with Crippen LogP contribution in [0.1, 0.15) is 131 Å². The van der Waals surface area contributed by atoms with Crippen molar-refractivity contribution >= 4 is 15.8 Å². The first-order chi connectivity index (χ1) is 24.5. The van der Waals surface area contributed by atoms with E-state index in [-0.39, 0.29) is 23.0 Å². The van der Waals surface area contributed by atoms with Crippen molar-refractivity contribution in [2.45, 2.75) is 137 Å². The molecule has 52 heavy (non-hydrogen) atoms. The smallest absolute Gasteiger partial charge is 0.310 e. The number of hydrogen-bond donors (Lipinski definition) is 3. The molecule has 0 bridgehead atoms. The zero-order valence-electron chi connectivity index (χ0n) is 33.6. The lowest BCUT2D eigenvalue weighted by Gasteiger charge is -2.62. The SMILES string of the molecule is C=C(C)C1CCC2(NCCN3CCS(=O)(=O)CC3)CCC3(C)CC(C4(C)CC=C(C5=CCC(CCO)(C(=O)O)CC5)C(C)(C)C4CCC)CCC3C12. The Bertz CT molecular complexity index is 1520. The molecule has 0 aromatic heterocycles. The second-order valence-corrected chi connectivity index (χ2v) is 22.0. The van der Waals surface area contributed by atoms with Crippen LogP contribution in [-0.4, -0.2) is 79.3 Å². The molecule has 6 aliphatic rings. The lowest BCUT2D eigenvalue weighted by atomic mass is 9.43. The average molecular weight is 741 g/mol. The largest absolute Gasteiger partial charge is 0.481 e. The number of nitrogens with zero attached hydrogens (tertiary/aromatic N) is 1. The zero-order valence-corrected chi connectivity index (χ0v) is 34.4. The molecule has 0 spiro atoms. The van der Waals surface area contributed by atoms with Gasteiger partial charge in [0.25, 0.3) is 0 Å². The summed E-state index contributed by atoms with van der Waals surface area (Å²) in [6.45, 7) is 22.5. The predicted octanol–water partition coefficient (Wildman–Crippen LogP) is 8.21. The highest BCUT2D eigenvalue weighted by atomic mass is 32.2. The van der Waals surface area contributed by atoms with E-state index in [0.717, 1.165) is 25.9 Å². The van der Waals surface area contributed by atoms with Crippen molar-refractivity contribution in [3.8, 4) is 0 Å². The van der Waals surface area contributed by atoms with Gasteiger partial charge in [0, 0.05) is 38.3 Å². The summed E-state index contributed by atoms with van der Waals surface area (Å²) in [5, 5.41) is 23.9. The van der Waals surface area contributed by atoms with Crippen LogP contribution in [0.4, 0.5) is 0 Å². The van der Waals surface area contributed by atoms with E-state index in [1.54, 1.807) is 0 Å². The van der Waals surface area contributed by atoms with Crippen LogP contribution < -0.4 is 5.32 Å². The lowest BCUT2D eigenvalue weighted by Crippen LogP contribution is -2.61. The lowest BCUT2D eigenvalue weighted by molar-refractivity contribution is -0.150. The van der Waals surface area contributed by atoms with Crippen molar-refractivity contribution in [3.05, 3.63) is 35.5 Å². The maximum absolute atomic E-state index is 12.3. The van der Waals surface area contributed by atoms with Crippen molar-refractivity contribution in [3.63, 3.8) is 0 Å². The summed E-state index contributed by atoms with van der Waals surface area (Å²) >= 11 is 0. The summed E-state index contributed by atoms with van der Waals surface area (Å²) in [5.41, 5.74) is 4.03. The molecule has 4 fully saturated rings. The van der Waals surface area contributed by atoms with Crippen molar-refractivity contribution in [2.24, 2.45) is 51.2 Å². The molecule has 5 aliphatic carbocycles. The monoisotopic (exact) mass is 741 g/mol. The molecule has 7 nitrogen and oxygen atoms in total. The van der Waals surface area contributed by atoms with E-state index in [9.17, 15) is 23.4 Å². The number of rotatable bonds is 12. The van der Waals surface area contributed by atoms with E-state index in [4.69, 9.17) is 0 Å². The minimum atomic E-state index is -2.86. The molecule has 0 amide bonds. The van der Waals surface area contributed by atoms with E-state index in [0.29, 0.717) is 78.9 Å². The predicted molar refractivity (Wildman–Crippen MR) is 212 cm³/mol. The van der Waals surface area contributed by atoms with Gasteiger partial charge in [-0.15, -0.1) is 0 Å². The second kappa shape index (κ2) is 14.9. The maximum Gasteiger partial charge on any atom is 0.310 e. The Morgan fingerprint density at radius 2 is 1.75 bits per heavy atom. The van der Waals surface area contributed by atoms with Crippen LogP contribution >= 0.6 is 0 Å². The Balaban J connectivity index is 1.21. The molecule has 6 rings (SSSR count). The van der Waals surface area contributed by atoms with E-state index >= 15 is 0 Å². The topological polar surface area (TPSA) is 107 Å². The molecular formula is C44H72N2O5S. The molecule has 3 N–H and O–H groups in total. The minimum Gasteiger partial charge on any atom is -0.481 e. The molecular weight excluding hydrogens is 669 g/mol. The van der Waals surface area contributed by atoms with Gasteiger partial charge in [-0.05, 0) is 147 Å². The van der Waals surface area contributed by atoms with E-state index in [1.807, 2.05) is 0 Å². The highest BCUT2D eigenvalue weighted by molar-refractivity contribution is 7.91. The number of sulfone groups is 1. The standard InChI is InChI=1S/C44H72N2O5S/c1-8-9-37-40(4,5)35(32-12-17-43(18-13-32,22-27-47)39(48)49)15-16-42(37,7)33-10-11-36-38-34(31(2)3)14-19-44(38,21-20-41(36,6)30-33)45-23-24-46-25-28-52(50,51)29-26-46/h12,15,33-34,36-38,45,47H,2,8-11,13-14,16-30H2,1,3-7H3,(H,48,49). The van der Waals surface area contributed by atoms with Crippen LogP contribution in [0.25, 0.3) is 0 Å². The molecule has 0 aromatic rings. The Hall–Kier alpha value is -1.48. The first-order valence-electron chi connectivity index (χ1n) is 21.0. The Labute approximate surface area is 316 Å². The summed E-state index contributed by atoms with van der Waals surface area (Å²) in [6.07, 6.45) is 19.3. The quantitative estimate of drug-likeness (QED) is 0.173. The third-order valence-corrected chi connectivity index (χ3v) is 18.2. The van der Waals surface area contributed by atoms with Gasteiger partial charge in [-0.1, -0.05) is 65.3 Å². The van der Waals surface area contributed by atoms with Crippen LogP contribution in [0.15, 0.2) is 35.5 Å². The van der Waals surface area contributed by atoms with Crippen molar-refractivity contribution in [1.82, 2.24) is 10.2 Å². The fourth-order valence-corrected chi connectivity index (χ4v) is 14.8. The normalized spacial score (nSPS) is 41.7. The van der Waals surface area contributed by atoms with Crippen LogP contribution in [-0.2, 0) is 14.6 Å². The van der Waals surface area contributed by atoms with E-state index in [1.165, 1.54) is 74.5 Å². The van der Waals surface area contributed by atoms with Crippen molar-refractivity contribution in [1.29, 1.82) is 0 Å². The number of carboxylic acid groups (broad SMARTS) is 1. The van der Waals surface area contributed by atoms with Crippen LogP contribution in [0.5, 0.6) is 0 Å². The highest BCUT2D eigenvalue weighted by Gasteiger charge is 2.62. The molecule has 1 aliphatic heterocycles. The third-order valence-electron chi connectivity index (χ3n) is 16.6. The van der Waals surface area contributed by atoms with Gasteiger partial charge in [0.1, 0.15) is 0 Å². The number of aliphatic carboxylic acids is 1. The molecule has 1 saturated heterocycles. The van der Waals surface area contributed by atoms with Gasteiger partial charge in [0.05, 0.1) is 16.9 Å². The Kier molecular flexibility index (Phi) is 11.5. The maximum atomic E-state index is 12.3. The van der Waals surface area contributed by atoms with Crippen molar-refractivity contribution in [2.75, 3.05) is 44.3 Å². The molecule has 3 saturated carbocycles. The van der Waals surface area contributed by atoms with Crippen LogP contribution in [0, 0.1) is 51.2 Å². The molecule has 9 unspecified atom stereocenters. The van der Waals surface area contributed by atoms with Crippen molar-refractivity contribution < 1.29 is 23.4 Å². The number of fused-ring (bicyclic) bond motifs is 3. The van der Waals surface area contributed by atoms with E-state index < -0.39 is 21.2 Å². The van der Waals surface area contributed by atoms with Gasteiger partial charge in [0.15, 0.2) is 9.84 Å². The minimum absolute atomic E-state index is 0.00742. The molecule has 0 aromatic carbocycles. The number of carbonyl (C=O) groups is 1. The molecule has 9 atom stereocenters. The number of hydrogen-bond acceptors (Lipinski definition) is 6. The highest BCUT2D eigenvalue weighted by Crippen LogP contribution is 2.68. The molecule has 0 radical (unpaired) electrons. The van der Waals surface area contributed by atoms with Gasteiger partial charge in [-0.3, -0.25) is 4.79 Å². The fourth-order valence-electron chi connectivity index (χ4n) is 13.5. The summed E-state index contributed by atoms with van der Waals surface area (Å²) in [4.78, 5) is 14.6. The summed E-state index contributed by atoms with van der Waals surface area (Å²) in [6, 6.07) is 0. The first kappa shape index (κ1) is 40.2. The second-order valence-electron chi connectivity index (χ2n) is 19.7. The van der Waals surface area contributed by atoms with Gasteiger partial charge in [0.2, 0.25) is 0 Å². The fraction of sp³-hybridized carbons (Fsp3) is 0.841. The number of aliphatic hydroxyl groups excluding tert-OH is 1. The average Bonchev–Trinajstić information content (AvgIpc) is 3.47. The van der Waals surface area contributed by atoms with Gasteiger partial charge < -0.3 is 20.4 Å². The zero-order chi connectivity index (χ0) is 37.7. The Morgan fingerprint density at radius 3 is 2.37 bits per heavy atom. The summed E-state index contributed by atoms with van der Waals surface area (Å²) < 4.78 is 24.0. The van der Waals surface area contributed by atoms with Crippen LogP contribution in [0.3, 0.4) is 0 Å². The summed E-state index contributed by atoms with van der Waals surface area (Å²) in [7, 11) is -2.86. The number of allylic oxidation sites excluding steroid dienone is 5.